The van der Waals surface area contributed by atoms with Crippen molar-refractivity contribution in [2.24, 2.45) is 0 Å². The number of hydrogen-bond acceptors (Lipinski definition) is 1. The summed E-state index contributed by atoms with van der Waals surface area (Å²) in [5.41, 5.74) is 6.26. The molecule has 0 bridgehead atoms. The largest absolute Gasteiger partial charge is 0.334 e. The molecule has 0 saturated carbocycles. The van der Waals surface area contributed by atoms with Crippen LogP contribution in [0.5, 0.6) is 0 Å². The minimum absolute atomic E-state index is 1.08. The van der Waals surface area contributed by atoms with E-state index in [2.05, 4.69) is 66.2 Å². The maximum atomic E-state index is 4.81. The number of aromatic nitrogens is 2. The van der Waals surface area contributed by atoms with Crippen LogP contribution in [0.15, 0.2) is 54.7 Å². The van der Waals surface area contributed by atoms with Gasteiger partial charge in [0, 0.05) is 24.7 Å². The predicted molar refractivity (Wildman–Crippen MR) is 95.4 cm³/mol. The monoisotopic (exact) mass is 302 g/mol. The summed E-state index contributed by atoms with van der Waals surface area (Å²) in [5.74, 6) is 1.24. The third-order valence-corrected chi connectivity index (χ3v) is 4.76. The highest BCUT2D eigenvalue weighted by Crippen LogP contribution is 2.26. The van der Waals surface area contributed by atoms with E-state index in [1.54, 1.807) is 0 Å². The maximum Gasteiger partial charge on any atom is 0.109 e. The van der Waals surface area contributed by atoms with Gasteiger partial charge in [0.2, 0.25) is 0 Å². The fourth-order valence-corrected chi connectivity index (χ4v) is 3.36. The van der Waals surface area contributed by atoms with Gasteiger partial charge in [-0.2, -0.15) is 0 Å². The molecule has 1 aliphatic heterocycles. The van der Waals surface area contributed by atoms with Crippen LogP contribution in [0.2, 0.25) is 0 Å². The first kappa shape index (κ1) is 14.3. The van der Waals surface area contributed by atoms with Gasteiger partial charge >= 0.3 is 0 Å². The van der Waals surface area contributed by atoms with Gasteiger partial charge in [0.15, 0.2) is 0 Å². The summed E-state index contributed by atoms with van der Waals surface area (Å²) in [6, 6.07) is 17.6. The van der Waals surface area contributed by atoms with Crippen molar-refractivity contribution >= 4 is 0 Å². The highest BCUT2D eigenvalue weighted by molar-refractivity contribution is 5.69. The van der Waals surface area contributed by atoms with Crippen LogP contribution in [0.3, 0.4) is 0 Å². The molecule has 2 heterocycles. The van der Waals surface area contributed by atoms with Crippen LogP contribution in [-0.4, -0.2) is 9.55 Å². The fraction of sp³-hybridized carbons (Fsp3) is 0.286. The minimum Gasteiger partial charge on any atom is -0.334 e. The maximum absolute atomic E-state index is 4.81. The number of hydrogen-bond donors (Lipinski definition) is 0. The smallest absolute Gasteiger partial charge is 0.109 e. The van der Waals surface area contributed by atoms with E-state index < -0.39 is 0 Å². The first-order valence-electron chi connectivity index (χ1n) is 8.59. The number of imidazole rings is 1. The lowest BCUT2D eigenvalue weighted by Gasteiger charge is -2.11. The number of nitrogens with zero attached hydrogens (tertiary/aromatic N) is 2. The number of aryl methyl sites for hydroxylation is 3. The molecule has 2 heteroatoms. The van der Waals surface area contributed by atoms with E-state index in [1.807, 2.05) is 0 Å². The van der Waals surface area contributed by atoms with Crippen molar-refractivity contribution in [2.75, 3.05) is 0 Å². The molecule has 2 aromatic carbocycles. The van der Waals surface area contributed by atoms with Gasteiger partial charge in [0.1, 0.15) is 5.82 Å². The van der Waals surface area contributed by atoms with E-state index in [9.17, 15) is 0 Å². The molecule has 1 aromatic heterocycles. The zero-order valence-corrected chi connectivity index (χ0v) is 13.6. The molecule has 0 N–H and O–H groups in total. The molecule has 116 valence electrons. The second kappa shape index (κ2) is 6.04. The zero-order chi connectivity index (χ0) is 15.6. The minimum atomic E-state index is 1.08. The van der Waals surface area contributed by atoms with Crippen LogP contribution in [0.1, 0.15) is 31.2 Å². The molecule has 2 nitrogen and oxygen atoms in total. The lowest BCUT2D eigenvalue weighted by Crippen LogP contribution is -2.08. The van der Waals surface area contributed by atoms with Crippen molar-refractivity contribution in [3.05, 3.63) is 66.1 Å². The van der Waals surface area contributed by atoms with Gasteiger partial charge in [0.05, 0.1) is 5.69 Å². The molecule has 1 aliphatic rings. The highest BCUT2D eigenvalue weighted by Gasteiger charge is 2.13. The molecule has 0 radical (unpaired) electrons. The Kier molecular flexibility index (Phi) is 3.74. The molecule has 0 aliphatic carbocycles. The number of fused-ring (bicyclic) bond motifs is 1. The van der Waals surface area contributed by atoms with E-state index in [4.69, 9.17) is 4.98 Å². The van der Waals surface area contributed by atoms with E-state index >= 15 is 0 Å². The Balaban J connectivity index is 1.63. The van der Waals surface area contributed by atoms with E-state index in [-0.39, 0.29) is 0 Å². The molecule has 0 atom stereocenters. The fourth-order valence-electron chi connectivity index (χ4n) is 3.36. The Morgan fingerprint density at radius 3 is 2.57 bits per heavy atom. The predicted octanol–water partition coefficient (Wildman–Crippen LogP) is 5.12. The summed E-state index contributed by atoms with van der Waals surface area (Å²) in [6.45, 7) is 3.31. The van der Waals surface area contributed by atoms with Crippen molar-refractivity contribution in [1.29, 1.82) is 0 Å². The Morgan fingerprint density at radius 2 is 1.78 bits per heavy atom. The topological polar surface area (TPSA) is 17.8 Å². The van der Waals surface area contributed by atoms with E-state index in [0.29, 0.717) is 0 Å². The third-order valence-electron chi connectivity index (χ3n) is 4.76. The number of benzene rings is 2. The van der Waals surface area contributed by atoms with Crippen LogP contribution >= 0.6 is 0 Å². The molecule has 0 amide bonds. The van der Waals surface area contributed by atoms with Crippen LogP contribution in [-0.2, 0) is 19.4 Å². The molecule has 0 saturated heterocycles. The first-order chi connectivity index (χ1) is 11.3. The summed E-state index contributed by atoms with van der Waals surface area (Å²) >= 11 is 0. The van der Waals surface area contributed by atoms with Gasteiger partial charge < -0.3 is 4.57 Å². The normalized spacial score (nSPS) is 13.8. The average molecular weight is 302 g/mol. The van der Waals surface area contributed by atoms with Crippen LogP contribution in [0.4, 0.5) is 0 Å². The van der Waals surface area contributed by atoms with Crippen molar-refractivity contribution in [2.45, 2.75) is 39.2 Å². The molecule has 0 fully saturated rings. The van der Waals surface area contributed by atoms with Crippen molar-refractivity contribution in [3.63, 3.8) is 0 Å². The van der Waals surface area contributed by atoms with Gasteiger partial charge in [-0.15, -0.1) is 0 Å². The van der Waals surface area contributed by atoms with Crippen molar-refractivity contribution < 1.29 is 0 Å². The zero-order valence-electron chi connectivity index (χ0n) is 13.6. The van der Waals surface area contributed by atoms with Crippen molar-refractivity contribution in [3.8, 4) is 22.4 Å². The first-order valence-corrected chi connectivity index (χ1v) is 8.59. The lowest BCUT2D eigenvalue weighted by molar-refractivity contribution is 0.522. The Hall–Kier alpha value is -2.35. The Morgan fingerprint density at radius 1 is 0.957 bits per heavy atom. The summed E-state index contributed by atoms with van der Waals surface area (Å²) < 4.78 is 2.32. The summed E-state index contributed by atoms with van der Waals surface area (Å²) in [6.07, 6.45) is 6.94. The van der Waals surface area contributed by atoms with Gasteiger partial charge in [-0.05, 0) is 36.0 Å². The quantitative estimate of drug-likeness (QED) is 0.657. The highest BCUT2D eigenvalue weighted by atomic mass is 15.1. The van der Waals surface area contributed by atoms with Gasteiger partial charge in [-0.3, -0.25) is 0 Å². The summed E-state index contributed by atoms with van der Waals surface area (Å²) in [5, 5.41) is 0. The van der Waals surface area contributed by atoms with Crippen LogP contribution in [0, 0.1) is 0 Å². The van der Waals surface area contributed by atoms with E-state index in [1.165, 1.54) is 40.9 Å². The van der Waals surface area contributed by atoms with Crippen LogP contribution < -0.4 is 0 Å². The third kappa shape index (κ3) is 2.81. The van der Waals surface area contributed by atoms with Gasteiger partial charge in [-0.1, -0.05) is 55.5 Å². The Bertz CT molecular complexity index is 789. The van der Waals surface area contributed by atoms with E-state index in [0.717, 1.165) is 25.1 Å². The molecule has 23 heavy (non-hydrogen) atoms. The second-order valence-corrected chi connectivity index (χ2v) is 6.32. The van der Waals surface area contributed by atoms with Crippen LogP contribution in [0.25, 0.3) is 22.4 Å². The SMILES string of the molecule is CCc1cccc(-c2ccc(-c3cn4c(n3)CCCC4)cc2)c1. The molecular weight excluding hydrogens is 280 g/mol. The number of rotatable bonds is 3. The summed E-state index contributed by atoms with van der Waals surface area (Å²) in [4.78, 5) is 4.81. The molecule has 4 rings (SSSR count). The molecule has 3 aromatic rings. The standard InChI is InChI=1S/C21H22N2/c1-2-16-6-5-7-19(14-16)17-9-11-18(12-10-17)20-15-23-13-4-3-8-21(23)22-20/h5-7,9-12,14-15H,2-4,8,13H2,1H3. The average Bonchev–Trinajstić information content (AvgIpc) is 3.06. The van der Waals surface area contributed by atoms with Crippen molar-refractivity contribution in [1.82, 2.24) is 9.55 Å². The second-order valence-electron chi connectivity index (χ2n) is 6.32. The lowest BCUT2D eigenvalue weighted by atomic mass is 10.0. The molecule has 0 spiro atoms. The van der Waals surface area contributed by atoms with Gasteiger partial charge in [-0.25, -0.2) is 4.98 Å². The summed E-state index contributed by atoms with van der Waals surface area (Å²) in [7, 11) is 0. The van der Waals surface area contributed by atoms with Gasteiger partial charge in [0.25, 0.3) is 0 Å². The molecular formula is C21H22N2. The molecule has 0 unspecified atom stereocenters. The Labute approximate surface area is 137 Å².